The molecule has 2 aromatic rings. The quantitative estimate of drug-likeness (QED) is 0.888. The van der Waals surface area contributed by atoms with Crippen molar-refractivity contribution in [2.75, 3.05) is 27.2 Å². The predicted octanol–water partition coefficient (Wildman–Crippen LogP) is 1.15. The van der Waals surface area contributed by atoms with Crippen LogP contribution < -0.4 is 10.9 Å². The first kappa shape index (κ1) is 14.7. The van der Waals surface area contributed by atoms with Crippen LogP contribution in [0.2, 0.25) is 0 Å². The van der Waals surface area contributed by atoms with Crippen LogP contribution in [-0.4, -0.2) is 41.6 Å². The average molecular weight is 274 g/mol. The van der Waals surface area contributed by atoms with Gasteiger partial charge in [0.25, 0.3) is 5.56 Å². The number of aromatic nitrogens is 2. The monoisotopic (exact) mass is 274 g/mol. The number of fused-ring (bicyclic) bond motifs is 1. The summed E-state index contributed by atoms with van der Waals surface area (Å²) in [6, 6.07) is 7.51. The number of likely N-dealkylation sites (N-methyl/N-ethyl adjacent to an activating group) is 1. The first-order chi connectivity index (χ1) is 9.50. The van der Waals surface area contributed by atoms with E-state index in [0.717, 1.165) is 24.4 Å². The van der Waals surface area contributed by atoms with E-state index in [1.807, 2.05) is 45.3 Å². The van der Waals surface area contributed by atoms with E-state index in [1.165, 1.54) is 0 Å². The van der Waals surface area contributed by atoms with Crippen molar-refractivity contribution >= 4 is 10.9 Å². The van der Waals surface area contributed by atoms with E-state index in [1.54, 1.807) is 11.6 Å². The second-order valence-electron chi connectivity index (χ2n) is 5.33. The highest BCUT2D eigenvalue weighted by Crippen LogP contribution is 2.12. The van der Waals surface area contributed by atoms with Gasteiger partial charge in [-0.05, 0) is 33.2 Å². The number of benzene rings is 1. The first-order valence-electron chi connectivity index (χ1n) is 6.84. The summed E-state index contributed by atoms with van der Waals surface area (Å²) in [5.41, 5.74) is 0.763. The van der Waals surface area contributed by atoms with Gasteiger partial charge in [-0.2, -0.15) is 0 Å². The number of hydrogen-bond acceptors (Lipinski definition) is 4. The highest BCUT2D eigenvalue weighted by atomic mass is 16.1. The minimum absolute atomic E-state index is 0.00635. The molecule has 0 aliphatic heterocycles. The molecule has 20 heavy (non-hydrogen) atoms. The third-order valence-electron chi connectivity index (χ3n) is 3.41. The standard InChI is InChI=1S/C15H22N4O/c1-11(16-9-10-18(2)3)14-17-13-8-6-5-7-12(13)15(20)19(14)4/h5-8,11,16H,9-10H2,1-4H3. The van der Waals surface area contributed by atoms with Crippen molar-refractivity contribution in [3.8, 4) is 0 Å². The molecule has 0 aliphatic rings. The Kier molecular flexibility index (Phi) is 4.52. The molecule has 0 saturated carbocycles. The molecule has 1 unspecified atom stereocenters. The van der Waals surface area contributed by atoms with E-state index in [9.17, 15) is 4.79 Å². The topological polar surface area (TPSA) is 50.2 Å². The van der Waals surface area contributed by atoms with Gasteiger partial charge in [0.2, 0.25) is 0 Å². The molecule has 0 amide bonds. The maximum atomic E-state index is 12.3. The van der Waals surface area contributed by atoms with Crippen LogP contribution in [0.25, 0.3) is 10.9 Å². The Balaban J connectivity index is 2.30. The summed E-state index contributed by atoms with van der Waals surface area (Å²) >= 11 is 0. The fourth-order valence-corrected chi connectivity index (χ4v) is 2.22. The number of rotatable bonds is 5. The molecule has 1 atom stereocenters. The molecule has 0 fully saturated rings. The van der Waals surface area contributed by atoms with E-state index in [4.69, 9.17) is 0 Å². The smallest absolute Gasteiger partial charge is 0.261 e. The number of para-hydroxylation sites is 1. The molecule has 108 valence electrons. The van der Waals surface area contributed by atoms with E-state index in [0.29, 0.717) is 5.39 Å². The number of hydrogen-bond donors (Lipinski definition) is 1. The summed E-state index contributed by atoms with van der Waals surface area (Å²) in [7, 11) is 5.86. The van der Waals surface area contributed by atoms with Gasteiger partial charge in [-0.15, -0.1) is 0 Å². The summed E-state index contributed by atoms with van der Waals surface area (Å²) in [5.74, 6) is 0.771. The molecule has 5 nitrogen and oxygen atoms in total. The molecule has 1 aromatic heterocycles. The maximum Gasteiger partial charge on any atom is 0.261 e. The fourth-order valence-electron chi connectivity index (χ4n) is 2.22. The Hall–Kier alpha value is -1.72. The molecule has 5 heteroatoms. The summed E-state index contributed by atoms with van der Waals surface area (Å²) in [6.45, 7) is 3.84. The Labute approximate surface area is 119 Å². The van der Waals surface area contributed by atoms with Crippen molar-refractivity contribution in [1.82, 2.24) is 19.8 Å². The Bertz CT molecular complexity index is 648. The second kappa shape index (κ2) is 6.15. The van der Waals surface area contributed by atoms with E-state index in [-0.39, 0.29) is 11.6 Å². The minimum Gasteiger partial charge on any atom is -0.308 e. The number of nitrogens with one attached hydrogen (secondary N) is 1. The lowest BCUT2D eigenvalue weighted by atomic mass is 10.2. The molecule has 0 spiro atoms. The van der Waals surface area contributed by atoms with Crippen molar-refractivity contribution in [3.63, 3.8) is 0 Å². The zero-order valence-electron chi connectivity index (χ0n) is 12.6. The van der Waals surface area contributed by atoms with Crippen molar-refractivity contribution in [1.29, 1.82) is 0 Å². The number of nitrogens with zero attached hydrogens (tertiary/aromatic N) is 3. The summed E-state index contributed by atoms with van der Waals surface area (Å²) in [6.07, 6.45) is 0. The van der Waals surface area contributed by atoms with Crippen molar-refractivity contribution in [2.24, 2.45) is 7.05 Å². The molecule has 0 saturated heterocycles. The molecule has 1 N–H and O–H groups in total. The van der Waals surface area contributed by atoms with Crippen LogP contribution in [-0.2, 0) is 7.05 Å². The van der Waals surface area contributed by atoms with Gasteiger partial charge in [0.05, 0.1) is 16.9 Å². The van der Waals surface area contributed by atoms with Gasteiger partial charge in [-0.3, -0.25) is 9.36 Å². The Morgan fingerprint density at radius 1 is 1.35 bits per heavy atom. The minimum atomic E-state index is 0.00635. The largest absolute Gasteiger partial charge is 0.308 e. The normalized spacial score (nSPS) is 13.1. The maximum absolute atomic E-state index is 12.3. The average Bonchev–Trinajstić information content (AvgIpc) is 2.42. The van der Waals surface area contributed by atoms with Gasteiger partial charge in [-0.25, -0.2) is 4.98 Å². The fraction of sp³-hybridized carbons (Fsp3) is 0.467. The van der Waals surface area contributed by atoms with Crippen LogP contribution in [0.4, 0.5) is 0 Å². The molecule has 1 aromatic carbocycles. The Morgan fingerprint density at radius 3 is 2.75 bits per heavy atom. The van der Waals surface area contributed by atoms with Crippen molar-refractivity contribution < 1.29 is 0 Å². The molecular weight excluding hydrogens is 252 g/mol. The van der Waals surface area contributed by atoms with E-state index >= 15 is 0 Å². The van der Waals surface area contributed by atoms with Gasteiger partial charge < -0.3 is 10.2 Å². The van der Waals surface area contributed by atoms with Gasteiger partial charge in [0.15, 0.2) is 0 Å². The Morgan fingerprint density at radius 2 is 2.05 bits per heavy atom. The van der Waals surface area contributed by atoms with Crippen LogP contribution in [0.3, 0.4) is 0 Å². The lowest BCUT2D eigenvalue weighted by molar-refractivity contribution is 0.384. The van der Waals surface area contributed by atoms with E-state index < -0.39 is 0 Å². The van der Waals surface area contributed by atoms with Gasteiger partial charge in [-0.1, -0.05) is 12.1 Å². The third kappa shape index (κ3) is 3.05. The van der Waals surface area contributed by atoms with Crippen LogP contribution in [0.5, 0.6) is 0 Å². The zero-order chi connectivity index (χ0) is 14.7. The highest BCUT2D eigenvalue weighted by Gasteiger charge is 2.13. The van der Waals surface area contributed by atoms with E-state index in [2.05, 4.69) is 15.2 Å². The molecule has 0 bridgehead atoms. The lowest BCUT2D eigenvalue weighted by Gasteiger charge is -2.18. The summed E-state index contributed by atoms with van der Waals surface area (Å²) in [4.78, 5) is 19.1. The molecule has 1 heterocycles. The van der Waals surface area contributed by atoms with Crippen molar-refractivity contribution in [2.45, 2.75) is 13.0 Å². The van der Waals surface area contributed by atoms with Gasteiger partial charge in [0, 0.05) is 20.1 Å². The molecule has 2 rings (SSSR count). The zero-order valence-corrected chi connectivity index (χ0v) is 12.6. The van der Waals surface area contributed by atoms with Crippen LogP contribution in [0, 0.1) is 0 Å². The predicted molar refractivity (Wildman–Crippen MR) is 82.0 cm³/mol. The SMILES string of the molecule is CC(NCCN(C)C)c1nc2ccccc2c(=O)n1C. The lowest BCUT2D eigenvalue weighted by Crippen LogP contribution is -2.33. The van der Waals surface area contributed by atoms with Crippen LogP contribution >= 0.6 is 0 Å². The molecular formula is C15H22N4O. The molecule has 0 radical (unpaired) electrons. The van der Waals surface area contributed by atoms with Crippen LogP contribution in [0.15, 0.2) is 29.1 Å². The first-order valence-corrected chi connectivity index (χ1v) is 6.84. The molecule has 0 aliphatic carbocycles. The van der Waals surface area contributed by atoms with Gasteiger partial charge >= 0.3 is 0 Å². The highest BCUT2D eigenvalue weighted by molar-refractivity contribution is 5.77. The second-order valence-corrected chi connectivity index (χ2v) is 5.33. The summed E-state index contributed by atoms with van der Waals surface area (Å²) < 4.78 is 1.63. The van der Waals surface area contributed by atoms with Gasteiger partial charge in [0.1, 0.15) is 5.82 Å². The van der Waals surface area contributed by atoms with Crippen molar-refractivity contribution in [3.05, 3.63) is 40.4 Å². The summed E-state index contributed by atoms with van der Waals surface area (Å²) in [5, 5.41) is 4.07. The third-order valence-corrected chi connectivity index (χ3v) is 3.41. The van der Waals surface area contributed by atoms with Crippen LogP contribution in [0.1, 0.15) is 18.8 Å².